The molecule has 0 unspecified atom stereocenters. The van der Waals surface area contributed by atoms with Crippen LogP contribution in [0.25, 0.3) is 11.3 Å². The Kier molecular flexibility index (Phi) is 6.52. The van der Waals surface area contributed by atoms with E-state index >= 15 is 0 Å². The lowest BCUT2D eigenvalue weighted by Gasteiger charge is -2.37. The van der Waals surface area contributed by atoms with Crippen molar-refractivity contribution in [2.24, 2.45) is 0 Å². The van der Waals surface area contributed by atoms with Crippen LogP contribution in [0.4, 0.5) is 17.7 Å². The van der Waals surface area contributed by atoms with Gasteiger partial charge in [0, 0.05) is 48.7 Å². The number of hydrogen-bond acceptors (Lipinski definition) is 8. The van der Waals surface area contributed by atoms with Crippen molar-refractivity contribution >= 4 is 17.7 Å². The first-order valence-corrected chi connectivity index (χ1v) is 10.6. The van der Waals surface area contributed by atoms with Crippen molar-refractivity contribution in [1.82, 2.24) is 19.9 Å². The average molecular weight is 400 g/mol. The molecule has 4 rings (SSSR count). The van der Waals surface area contributed by atoms with Crippen LogP contribution in [0.1, 0.15) is 46.6 Å². The van der Waals surface area contributed by atoms with E-state index in [2.05, 4.69) is 40.5 Å². The number of hydrogen-bond donors (Lipinski definition) is 1. The average Bonchev–Trinajstić information content (AvgIpc) is 3.21. The molecule has 2 N–H and O–H groups in total. The van der Waals surface area contributed by atoms with Gasteiger partial charge >= 0.3 is 0 Å². The number of nitrogen functional groups attached to an aromatic ring is 1. The molecule has 1 saturated heterocycles. The lowest BCUT2D eigenvalue weighted by atomic mass is 10.00. The molecule has 0 saturated carbocycles. The van der Waals surface area contributed by atoms with Crippen molar-refractivity contribution in [1.29, 1.82) is 0 Å². The van der Waals surface area contributed by atoms with E-state index in [4.69, 9.17) is 20.4 Å². The van der Waals surface area contributed by atoms with Gasteiger partial charge in [-0.1, -0.05) is 20.8 Å². The molecule has 2 aliphatic heterocycles. The zero-order valence-corrected chi connectivity index (χ0v) is 18.3. The summed E-state index contributed by atoms with van der Waals surface area (Å²) in [6.07, 6.45) is 5.47. The maximum atomic E-state index is 5.68. The minimum absolute atomic E-state index is 0.0385. The molecule has 0 radical (unpaired) electrons. The van der Waals surface area contributed by atoms with Crippen molar-refractivity contribution in [2.45, 2.75) is 53.0 Å². The topological polar surface area (TPSA) is 93.3 Å². The first kappa shape index (κ1) is 21.2. The zero-order valence-electron chi connectivity index (χ0n) is 18.3. The van der Waals surface area contributed by atoms with Gasteiger partial charge in [0.1, 0.15) is 5.82 Å². The van der Waals surface area contributed by atoms with Crippen LogP contribution in [0.5, 0.6) is 0 Å². The summed E-state index contributed by atoms with van der Waals surface area (Å²) in [5, 5.41) is 0. The third kappa shape index (κ3) is 4.27. The molecule has 0 aliphatic carbocycles. The summed E-state index contributed by atoms with van der Waals surface area (Å²) in [6, 6.07) is 0. The molecule has 1 fully saturated rings. The summed E-state index contributed by atoms with van der Waals surface area (Å²) < 4.78 is 5.49. The standard InChI is InChI=1S/C19H27N7O.C2H6/c1-4-19(2,3)26-6-5-14-15(13-11-21-17(20)22-12-13)23-18(24-16(14)26)25-7-9-27-10-8-25;1-2/h11-12H,4-10H2,1-3H3,(H2,20,21,22);1-2H3. The number of ether oxygens (including phenoxy) is 1. The van der Waals surface area contributed by atoms with Gasteiger partial charge in [0.15, 0.2) is 0 Å². The SMILES string of the molecule is CC.CCC(C)(C)N1CCc2c(-c3cnc(N)nc3)nc(N3CCOCC3)nc21. The van der Waals surface area contributed by atoms with Crippen molar-refractivity contribution < 1.29 is 4.74 Å². The smallest absolute Gasteiger partial charge is 0.228 e. The molecule has 2 aromatic heterocycles. The third-order valence-corrected chi connectivity index (χ3v) is 5.65. The third-order valence-electron chi connectivity index (χ3n) is 5.65. The quantitative estimate of drug-likeness (QED) is 0.839. The van der Waals surface area contributed by atoms with Gasteiger partial charge in [0.25, 0.3) is 0 Å². The minimum atomic E-state index is 0.0385. The van der Waals surface area contributed by atoms with Crippen LogP contribution in [0.3, 0.4) is 0 Å². The van der Waals surface area contributed by atoms with Crippen molar-refractivity contribution in [3.8, 4) is 11.3 Å². The van der Waals surface area contributed by atoms with Gasteiger partial charge < -0.3 is 20.3 Å². The second-order valence-corrected chi connectivity index (χ2v) is 7.67. The molecule has 29 heavy (non-hydrogen) atoms. The predicted octanol–water partition coefficient (Wildman–Crippen LogP) is 2.93. The van der Waals surface area contributed by atoms with Crippen LogP contribution < -0.4 is 15.5 Å². The molecule has 8 heteroatoms. The number of anilines is 3. The number of nitrogens with zero attached hydrogens (tertiary/aromatic N) is 6. The highest BCUT2D eigenvalue weighted by Gasteiger charge is 2.35. The summed E-state index contributed by atoms with van der Waals surface area (Å²) in [5.74, 6) is 2.06. The molecule has 0 aromatic carbocycles. The largest absolute Gasteiger partial charge is 0.378 e. The van der Waals surface area contributed by atoms with Crippen molar-refractivity contribution in [3.63, 3.8) is 0 Å². The molecule has 2 aromatic rings. The highest BCUT2D eigenvalue weighted by atomic mass is 16.5. The second-order valence-electron chi connectivity index (χ2n) is 7.67. The van der Waals surface area contributed by atoms with Crippen LogP contribution in [0.15, 0.2) is 12.4 Å². The molecule has 0 atom stereocenters. The minimum Gasteiger partial charge on any atom is -0.378 e. The zero-order chi connectivity index (χ0) is 21.0. The summed E-state index contributed by atoms with van der Waals surface area (Å²) in [7, 11) is 0. The molecule has 0 bridgehead atoms. The van der Waals surface area contributed by atoms with Gasteiger partial charge in [-0.2, -0.15) is 4.98 Å². The van der Waals surface area contributed by atoms with Crippen LogP contribution in [-0.4, -0.2) is 58.3 Å². The van der Waals surface area contributed by atoms with Gasteiger partial charge in [-0.25, -0.2) is 15.0 Å². The summed E-state index contributed by atoms with van der Waals surface area (Å²) in [5.41, 5.74) is 8.68. The first-order valence-electron chi connectivity index (χ1n) is 10.6. The Hall–Kier alpha value is -2.48. The predicted molar refractivity (Wildman–Crippen MR) is 117 cm³/mol. The number of fused-ring (bicyclic) bond motifs is 1. The molecule has 2 aliphatic rings. The summed E-state index contributed by atoms with van der Waals surface area (Å²) in [4.78, 5) is 22.9. The van der Waals surface area contributed by atoms with Crippen LogP contribution >= 0.6 is 0 Å². The van der Waals surface area contributed by atoms with E-state index < -0.39 is 0 Å². The van der Waals surface area contributed by atoms with Gasteiger partial charge in [-0.15, -0.1) is 0 Å². The Balaban J connectivity index is 0.00000117. The lowest BCUT2D eigenvalue weighted by Crippen LogP contribution is -2.43. The van der Waals surface area contributed by atoms with Gasteiger partial charge in [0.05, 0.1) is 18.9 Å². The lowest BCUT2D eigenvalue weighted by molar-refractivity contribution is 0.122. The Morgan fingerprint density at radius 1 is 1.07 bits per heavy atom. The Labute approximate surface area is 173 Å². The Morgan fingerprint density at radius 3 is 2.34 bits per heavy atom. The number of morpholine rings is 1. The van der Waals surface area contributed by atoms with E-state index in [9.17, 15) is 0 Å². The fraction of sp³-hybridized carbons (Fsp3) is 0.619. The first-order chi connectivity index (χ1) is 14.0. The van der Waals surface area contributed by atoms with E-state index in [1.165, 1.54) is 5.56 Å². The fourth-order valence-electron chi connectivity index (χ4n) is 3.63. The van der Waals surface area contributed by atoms with E-state index in [1.54, 1.807) is 12.4 Å². The van der Waals surface area contributed by atoms with Gasteiger partial charge in [-0.05, 0) is 26.7 Å². The molecule has 4 heterocycles. The van der Waals surface area contributed by atoms with E-state index in [0.717, 1.165) is 55.5 Å². The van der Waals surface area contributed by atoms with Gasteiger partial charge in [0.2, 0.25) is 11.9 Å². The van der Waals surface area contributed by atoms with E-state index in [-0.39, 0.29) is 11.5 Å². The molecule has 8 nitrogen and oxygen atoms in total. The van der Waals surface area contributed by atoms with Crippen LogP contribution in [0, 0.1) is 0 Å². The van der Waals surface area contributed by atoms with Crippen molar-refractivity contribution in [3.05, 3.63) is 18.0 Å². The van der Waals surface area contributed by atoms with Gasteiger partial charge in [-0.3, -0.25) is 0 Å². The molecular weight excluding hydrogens is 366 g/mol. The highest BCUT2D eigenvalue weighted by molar-refractivity contribution is 5.73. The van der Waals surface area contributed by atoms with E-state index in [1.807, 2.05) is 13.8 Å². The van der Waals surface area contributed by atoms with Crippen LogP contribution in [-0.2, 0) is 11.2 Å². The van der Waals surface area contributed by atoms with Crippen molar-refractivity contribution in [2.75, 3.05) is 48.4 Å². The second kappa shape index (κ2) is 8.90. The number of rotatable bonds is 4. The molecule has 158 valence electrons. The Morgan fingerprint density at radius 2 is 1.72 bits per heavy atom. The fourth-order valence-corrected chi connectivity index (χ4v) is 3.63. The maximum Gasteiger partial charge on any atom is 0.228 e. The normalized spacial score (nSPS) is 16.3. The Bertz CT molecular complexity index is 817. The number of aromatic nitrogens is 4. The molecule has 0 spiro atoms. The number of nitrogens with two attached hydrogens (primary N) is 1. The summed E-state index contributed by atoms with van der Waals surface area (Å²) in [6.45, 7) is 14.7. The molecular formula is C21H33N7O. The monoisotopic (exact) mass is 399 g/mol. The maximum absolute atomic E-state index is 5.68. The molecule has 0 amide bonds. The van der Waals surface area contributed by atoms with E-state index in [0.29, 0.717) is 13.2 Å². The highest BCUT2D eigenvalue weighted by Crippen LogP contribution is 2.39. The van der Waals surface area contributed by atoms with Crippen LogP contribution in [0.2, 0.25) is 0 Å². The summed E-state index contributed by atoms with van der Waals surface area (Å²) >= 11 is 0.